The number of nitrogens with one attached hydrogen (secondary N) is 1. The Morgan fingerprint density at radius 1 is 1.19 bits per heavy atom. The van der Waals surface area contributed by atoms with E-state index < -0.39 is 11.5 Å². The molecule has 1 fully saturated rings. The Hall–Kier alpha value is -2.87. The maximum Gasteiger partial charge on any atom is 0.409 e. The molecule has 1 aliphatic heterocycles. The highest BCUT2D eigenvalue weighted by Gasteiger charge is 2.21. The van der Waals surface area contributed by atoms with Crippen molar-refractivity contribution in [2.24, 2.45) is 0 Å². The summed E-state index contributed by atoms with van der Waals surface area (Å²) in [7, 11) is 1.37. The van der Waals surface area contributed by atoms with E-state index in [0.717, 1.165) is 0 Å². The Morgan fingerprint density at radius 3 is 2.65 bits per heavy atom. The maximum atomic E-state index is 12.3. The summed E-state index contributed by atoms with van der Waals surface area (Å²) in [5, 5.41) is 3.46. The predicted octanol–water partition coefficient (Wildman–Crippen LogP) is 0.907. The van der Waals surface area contributed by atoms with Gasteiger partial charge in [-0.1, -0.05) is 18.2 Å². The van der Waals surface area contributed by atoms with Gasteiger partial charge in [0.1, 0.15) is 11.1 Å². The molecule has 138 valence electrons. The monoisotopic (exact) mass is 359 g/mol. The molecule has 26 heavy (non-hydrogen) atoms. The summed E-state index contributed by atoms with van der Waals surface area (Å²) in [6.07, 6.45) is -0.319. The minimum absolute atomic E-state index is 0.000731. The van der Waals surface area contributed by atoms with Crippen LogP contribution in [0.15, 0.2) is 39.5 Å². The van der Waals surface area contributed by atoms with Crippen LogP contribution in [0.5, 0.6) is 0 Å². The smallest absolute Gasteiger partial charge is 0.409 e. The van der Waals surface area contributed by atoms with Gasteiger partial charge in [0, 0.05) is 44.7 Å². The molecule has 0 atom stereocenters. The number of piperazine rings is 1. The van der Waals surface area contributed by atoms with Crippen LogP contribution in [-0.4, -0.2) is 68.2 Å². The first kappa shape index (κ1) is 17.9. The molecule has 1 aromatic carbocycles. The number of ether oxygens (including phenoxy) is 1. The highest BCUT2D eigenvalue weighted by molar-refractivity contribution is 5.96. The highest BCUT2D eigenvalue weighted by Crippen LogP contribution is 2.12. The molecule has 1 saturated heterocycles. The Bertz CT molecular complexity index is 855. The van der Waals surface area contributed by atoms with Gasteiger partial charge in [0.05, 0.1) is 7.11 Å². The fourth-order valence-corrected chi connectivity index (χ4v) is 2.93. The van der Waals surface area contributed by atoms with Crippen molar-refractivity contribution in [3.05, 3.63) is 46.3 Å². The number of methoxy groups -OCH3 is 1. The lowest BCUT2D eigenvalue weighted by atomic mass is 10.2. The highest BCUT2D eigenvalue weighted by atomic mass is 16.5. The normalized spacial score (nSPS) is 15.0. The topological polar surface area (TPSA) is 92.1 Å². The molecule has 0 aliphatic carbocycles. The van der Waals surface area contributed by atoms with E-state index in [9.17, 15) is 14.4 Å². The van der Waals surface area contributed by atoms with E-state index >= 15 is 0 Å². The molecule has 1 N–H and O–H groups in total. The second-order valence-electron chi connectivity index (χ2n) is 6.04. The van der Waals surface area contributed by atoms with Gasteiger partial charge in [-0.25, -0.2) is 9.59 Å². The van der Waals surface area contributed by atoms with Crippen molar-refractivity contribution in [3.63, 3.8) is 0 Å². The third-order valence-electron chi connectivity index (χ3n) is 4.40. The number of amides is 2. The molecule has 2 aromatic rings. The summed E-state index contributed by atoms with van der Waals surface area (Å²) < 4.78 is 9.88. The number of para-hydroxylation sites is 1. The van der Waals surface area contributed by atoms with E-state index in [1.807, 2.05) is 6.07 Å². The largest absolute Gasteiger partial charge is 0.453 e. The van der Waals surface area contributed by atoms with Crippen LogP contribution in [0.3, 0.4) is 0 Å². The summed E-state index contributed by atoms with van der Waals surface area (Å²) in [5.41, 5.74) is -0.190. The summed E-state index contributed by atoms with van der Waals surface area (Å²) in [5.74, 6) is -0.447. The van der Waals surface area contributed by atoms with Crippen LogP contribution in [0.4, 0.5) is 4.79 Å². The molecule has 2 amide bonds. The van der Waals surface area contributed by atoms with E-state index in [2.05, 4.69) is 10.2 Å². The van der Waals surface area contributed by atoms with Gasteiger partial charge in [-0.15, -0.1) is 0 Å². The van der Waals surface area contributed by atoms with Crippen molar-refractivity contribution >= 4 is 23.0 Å². The van der Waals surface area contributed by atoms with Crippen LogP contribution in [0.2, 0.25) is 0 Å². The number of carbonyl (C=O) groups is 2. The molecule has 0 spiro atoms. The standard InChI is InChI=1S/C18H21N3O5/c1-25-18(24)21-10-8-20(9-11-21)7-6-19-16(22)14-12-13-4-2-3-5-15(13)26-17(14)23/h2-5,12H,6-11H2,1H3,(H,19,22). The summed E-state index contributed by atoms with van der Waals surface area (Å²) in [6.45, 7) is 3.65. The Kier molecular flexibility index (Phi) is 5.52. The zero-order chi connectivity index (χ0) is 18.5. The van der Waals surface area contributed by atoms with Gasteiger partial charge in [0.25, 0.3) is 5.91 Å². The van der Waals surface area contributed by atoms with Crippen molar-refractivity contribution < 1.29 is 18.7 Å². The lowest BCUT2D eigenvalue weighted by Gasteiger charge is -2.33. The van der Waals surface area contributed by atoms with E-state index in [4.69, 9.17) is 9.15 Å². The third kappa shape index (κ3) is 4.02. The van der Waals surface area contributed by atoms with Crippen molar-refractivity contribution in [2.75, 3.05) is 46.4 Å². The zero-order valence-electron chi connectivity index (χ0n) is 14.6. The minimum Gasteiger partial charge on any atom is -0.453 e. The van der Waals surface area contributed by atoms with Gasteiger partial charge in [0.15, 0.2) is 0 Å². The summed E-state index contributed by atoms with van der Waals surface area (Å²) >= 11 is 0. The number of fused-ring (bicyclic) bond motifs is 1. The van der Waals surface area contributed by atoms with Crippen LogP contribution < -0.4 is 10.9 Å². The molecule has 3 rings (SSSR count). The molecular formula is C18H21N3O5. The van der Waals surface area contributed by atoms with E-state index in [0.29, 0.717) is 50.2 Å². The Morgan fingerprint density at radius 2 is 1.92 bits per heavy atom. The SMILES string of the molecule is COC(=O)N1CCN(CCNC(=O)c2cc3ccccc3oc2=O)CC1. The lowest BCUT2D eigenvalue weighted by molar-refractivity contribution is 0.0883. The molecule has 2 heterocycles. The van der Waals surface area contributed by atoms with Gasteiger partial charge in [-0.3, -0.25) is 9.69 Å². The van der Waals surface area contributed by atoms with Crippen LogP contribution >= 0.6 is 0 Å². The molecule has 0 unspecified atom stereocenters. The molecule has 8 nitrogen and oxygen atoms in total. The molecule has 0 saturated carbocycles. The maximum absolute atomic E-state index is 12.3. The average Bonchev–Trinajstić information content (AvgIpc) is 2.67. The van der Waals surface area contributed by atoms with Gasteiger partial charge < -0.3 is 19.4 Å². The molecule has 1 aliphatic rings. The van der Waals surface area contributed by atoms with E-state index in [-0.39, 0.29) is 11.7 Å². The molecule has 1 aromatic heterocycles. The van der Waals surface area contributed by atoms with E-state index in [1.54, 1.807) is 29.2 Å². The number of carbonyl (C=O) groups excluding carboxylic acids is 2. The zero-order valence-corrected chi connectivity index (χ0v) is 14.6. The quantitative estimate of drug-likeness (QED) is 0.816. The first-order valence-electron chi connectivity index (χ1n) is 8.45. The van der Waals surface area contributed by atoms with Crippen molar-refractivity contribution in [2.45, 2.75) is 0 Å². The van der Waals surface area contributed by atoms with Crippen molar-refractivity contribution in [3.8, 4) is 0 Å². The van der Waals surface area contributed by atoms with Crippen molar-refractivity contribution in [1.82, 2.24) is 15.1 Å². The molecular weight excluding hydrogens is 338 g/mol. The van der Waals surface area contributed by atoms with Gasteiger partial charge >= 0.3 is 11.7 Å². The molecule has 0 radical (unpaired) electrons. The van der Waals surface area contributed by atoms with Crippen LogP contribution in [-0.2, 0) is 4.74 Å². The predicted molar refractivity (Wildman–Crippen MR) is 95.2 cm³/mol. The third-order valence-corrected chi connectivity index (χ3v) is 4.40. The van der Waals surface area contributed by atoms with Gasteiger partial charge in [0.2, 0.25) is 0 Å². The number of benzene rings is 1. The van der Waals surface area contributed by atoms with Crippen molar-refractivity contribution in [1.29, 1.82) is 0 Å². The number of nitrogens with zero attached hydrogens (tertiary/aromatic N) is 2. The lowest BCUT2D eigenvalue weighted by Crippen LogP contribution is -2.50. The average molecular weight is 359 g/mol. The number of hydrogen-bond acceptors (Lipinski definition) is 6. The second-order valence-corrected chi connectivity index (χ2v) is 6.04. The second kappa shape index (κ2) is 8.01. The molecule has 0 bridgehead atoms. The summed E-state index contributed by atoms with van der Waals surface area (Å²) in [6, 6.07) is 8.61. The Balaban J connectivity index is 1.51. The first-order chi connectivity index (χ1) is 12.6. The Labute approximate surface area is 150 Å². The number of hydrogen-bond donors (Lipinski definition) is 1. The summed E-state index contributed by atoms with van der Waals surface area (Å²) in [4.78, 5) is 39.5. The first-order valence-corrected chi connectivity index (χ1v) is 8.45. The van der Waals surface area contributed by atoms with E-state index in [1.165, 1.54) is 7.11 Å². The van der Waals surface area contributed by atoms with Crippen LogP contribution in [0.1, 0.15) is 10.4 Å². The van der Waals surface area contributed by atoms with Gasteiger partial charge in [-0.2, -0.15) is 0 Å². The van der Waals surface area contributed by atoms with Crippen LogP contribution in [0.25, 0.3) is 11.0 Å². The molecule has 8 heteroatoms. The van der Waals surface area contributed by atoms with Gasteiger partial charge in [-0.05, 0) is 12.1 Å². The number of rotatable bonds is 4. The van der Waals surface area contributed by atoms with Crippen LogP contribution in [0, 0.1) is 0 Å². The minimum atomic E-state index is -0.645. The fraction of sp³-hybridized carbons (Fsp3) is 0.389. The fourth-order valence-electron chi connectivity index (χ4n) is 2.93.